The highest BCUT2D eigenvalue weighted by Crippen LogP contribution is 2.18. The van der Waals surface area contributed by atoms with Crippen molar-refractivity contribution in [2.75, 3.05) is 50.0 Å². The molecular weight excluding hydrogens is 370 g/mol. The number of nitrogens with one attached hydrogen (secondary N) is 2. The summed E-state index contributed by atoms with van der Waals surface area (Å²) < 4.78 is 6.38. The lowest BCUT2D eigenvalue weighted by molar-refractivity contribution is 0.0378. The van der Waals surface area contributed by atoms with E-state index in [1.54, 1.807) is 6.20 Å². The molecule has 2 aromatic rings. The minimum Gasteiger partial charge on any atom is -0.379 e. The maximum atomic E-state index is 5.36. The van der Waals surface area contributed by atoms with E-state index in [1.165, 1.54) is 0 Å². The molecule has 0 spiro atoms. The third-order valence-corrected chi connectivity index (χ3v) is 4.29. The topological polar surface area (TPSA) is 62.3 Å². The number of morpholine rings is 1. The van der Waals surface area contributed by atoms with Crippen molar-refractivity contribution in [3.8, 4) is 0 Å². The molecule has 0 saturated carbocycles. The van der Waals surface area contributed by atoms with E-state index < -0.39 is 0 Å². The second kappa shape index (κ2) is 8.96. The van der Waals surface area contributed by atoms with Gasteiger partial charge in [-0.1, -0.05) is 22.0 Å². The van der Waals surface area contributed by atoms with E-state index in [-0.39, 0.29) is 0 Å². The predicted molar refractivity (Wildman–Crippen MR) is 99.8 cm³/mol. The number of halogens is 1. The average Bonchev–Trinajstić information content (AvgIpc) is 2.60. The lowest BCUT2D eigenvalue weighted by Crippen LogP contribution is -2.37. The highest BCUT2D eigenvalue weighted by Gasteiger charge is 2.09. The first kappa shape index (κ1) is 17.1. The van der Waals surface area contributed by atoms with Crippen LogP contribution in [-0.4, -0.2) is 54.3 Å². The highest BCUT2D eigenvalue weighted by atomic mass is 79.9. The molecule has 1 aliphatic rings. The van der Waals surface area contributed by atoms with Gasteiger partial charge in [-0.25, -0.2) is 4.98 Å². The van der Waals surface area contributed by atoms with Gasteiger partial charge in [-0.3, -0.25) is 4.90 Å². The van der Waals surface area contributed by atoms with Crippen LogP contribution in [0, 0.1) is 0 Å². The summed E-state index contributed by atoms with van der Waals surface area (Å²) in [5, 5.41) is 6.58. The van der Waals surface area contributed by atoms with Crippen molar-refractivity contribution in [3.63, 3.8) is 0 Å². The lowest BCUT2D eigenvalue weighted by Gasteiger charge is -2.26. The van der Waals surface area contributed by atoms with E-state index in [0.717, 1.165) is 61.8 Å². The van der Waals surface area contributed by atoms with Crippen molar-refractivity contribution >= 4 is 33.4 Å². The van der Waals surface area contributed by atoms with Gasteiger partial charge >= 0.3 is 0 Å². The number of hydrogen-bond donors (Lipinski definition) is 2. The van der Waals surface area contributed by atoms with E-state index in [2.05, 4.69) is 41.4 Å². The van der Waals surface area contributed by atoms with Crippen LogP contribution in [-0.2, 0) is 4.74 Å². The minimum absolute atomic E-state index is 0.589. The number of aromatic nitrogens is 2. The molecule has 7 heteroatoms. The van der Waals surface area contributed by atoms with Gasteiger partial charge in [0, 0.05) is 36.0 Å². The van der Waals surface area contributed by atoms with Crippen LogP contribution in [0.5, 0.6) is 0 Å². The predicted octanol–water partition coefficient (Wildman–Crippen LogP) is 3.12. The zero-order chi connectivity index (χ0) is 16.6. The zero-order valence-electron chi connectivity index (χ0n) is 13.5. The molecule has 128 valence electrons. The number of ether oxygens (including phenoxy) is 1. The summed E-state index contributed by atoms with van der Waals surface area (Å²) in [5.74, 6) is 1.43. The number of benzene rings is 1. The Balaban J connectivity index is 1.46. The van der Waals surface area contributed by atoms with Gasteiger partial charge in [-0.05, 0) is 37.2 Å². The fraction of sp³-hybridized carbons (Fsp3) is 0.412. The second-order valence-corrected chi connectivity index (χ2v) is 6.55. The van der Waals surface area contributed by atoms with Crippen LogP contribution in [0.4, 0.5) is 17.5 Å². The van der Waals surface area contributed by atoms with E-state index in [9.17, 15) is 0 Å². The van der Waals surface area contributed by atoms with Crippen LogP contribution in [0.3, 0.4) is 0 Å². The lowest BCUT2D eigenvalue weighted by atomic mass is 10.3. The quantitative estimate of drug-likeness (QED) is 0.707. The van der Waals surface area contributed by atoms with Crippen molar-refractivity contribution < 1.29 is 4.74 Å². The maximum Gasteiger partial charge on any atom is 0.229 e. The first-order chi connectivity index (χ1) is 11.8. The van der Waals surface area contributed by atoms with Gasteiger partial charge in [-0.15, -0.1) is 0 Å². The van der Waals surface area contributed by atoms with Gasteiger partial charge in [0.05, 0.1) is 13.2 Å². The second-order valence-electron chi connectivity index (χ2n) is 5.64. The van der Waals surface area contributed by atoms with Crippen molar-refractivity contribution in [1.82, 2.24) is 14.9 Å². The molecule has 1 aromatic carbocycles. The molecule has 2 N–H and O–H groups in total. The van der Waals surface area contributed by atoms with Gasteiger partial charge in [-0.2, -0.15) is 4.98 Å². The molecule has 0 atom stereocenters. The fourth-order valence-corrected chi connectivity index (χ4v) is 2.96. The van der Waals surface area contributed by atoms with Gasteiger partial charge in [0.2, 0.25) is 5.95 Å². The largest absolute Gasteiger partial charge is 0.379 e. The van der Waals surface area contributed by atoms with Gasteiger partial charge in [0.15, 0.2) is 0 Å². The summed E-state index contributed by atoms with van der Waals surface area (Å²) in [5.41, 5.74) is 0.953. The number of nitrogens with zero attached hydrogens (tertiary/aromatic N) is 3. The Bertz CT molecular complexity index is 648. The van der Waals surface area contributed by atoms with Crippen LogP contribution in [0.15, 0.2) is 41.0 Å². The first-order valence-electron chi connectivity index (χ1n) is 8.19. The van der Waals surface area contributed by atoms with Gasteiger partial charge in [0.1, 0.15) is 5.82 Å². The fourth-order valence-electron chi connectivity index (χ4n) is 2.56. The molecule has 2 heterocycles. The molecule has 1 aliphatic heterocycles. The molecule has 1 saturated heterocycles. The molecule has 0 radical (unpaired) electrons. The summed E-state index contributed by atoms with van der Waals surface area (Å²) in [4.78, 5) is 11.2. The molecule has 0 aliphatic carbocycles. The van der Waals surface area contributed by atoms with Crippen LogP contribution < -0.4 is 10.6 Å². The number of hydrogen-bond acceptors (Lipinski definition) is 6. The van der Waals surface area contributed by atoms with E-state index in [1.807, 2.05) is 30.3 Å². The van der Waals surface area contributed by atoms with E-state index in [0.29, 0.717) is 5.95 Å². The summed E-state index contributed by atoms with van der Waals surface area (Å²) in [6, 6.07) is 9.82. The monoisotopic (exact) mass is 391 g/mol. The number of anilines is 3. The highest BCUT2D eigenvalue weighted by molar-refractivity contribution is 9.10. The van der Waals surface area contributed by atoms with Gasteiger partial charge < -0.3 is 15.4 Å². The third kappa shape index (κ3) is 5.43. The minimum atomic E-state index is 0.589. The first-order valence-corrected chi connectivity index (χ1v) is 8.98. The Morgan fingerprint density at radius 2 is 2.08 bits per heavy atom. The molecule has 24 heavy (non-hydrogen) atoms. The van der Waals surface area contributed by atoms with E-state index in [4.69, 9.17) is 4.74 Å². The summed E-state index contributed by atoms with van der Waals surface area (Å²) in [6.45, 7) is 5.76. The molecule has 1 aromatic heterocycles. The molecule has 0 amide bonds. The summed E-state index contributed by atoms with van der Waals surface area (Å²) in [6.07, 6.45) is 2.84. The normalized spacial score (nSPS) is 15.2. The molecule has 6 nitrogen and oxygen atoms in total. The third-order valence-electron chi connectivity index (χ3n) is 3.80. The Kier molecular flexibility index (Phi) is 6.40. The Morgan fingerprint density at radius 3 is 2.92 bits per heavy atom. The smallest absolute Gasteiger partial charge is 0.229 e. The Labute approximate surface area is 150 Å². The average molecular weight is 392 g/mol. The maximum absolute atomic E-state index is 5.36. The zero-order valence-corrected chi connectivity index (χ0v) is 15.1. The number of rotatable bonds is 7. The molecule has 0 bridgehead atoms. The summed E-state index contributed by atoms with van der Waals surface area (Å²) in [7, 11) is 0. The Hall–Kier alpha value is -1.70. The van der Waals surface area contributed by atoms with Crippen molar-refractivity contribution in [2.24, 2.45) is 0 Å². The molecule has 0 unspecified atom stereocenters. The van der Waals surface area contributed by atoms with Crippen LogP contribution in [0.25, 0.3) is 0 Å². The van der Waals surface area contributed by atoms with E-state index >= 15 is 0 Å². The standard InChI is InChI=1S/C17H22BrN5O/c18-14-3-1-4-15(13-14)21-17-20-7-5-16(22-17)19-6-2-8-23-9-11-24-12-10-23/h1,3-5,7,13H,2,6,8-12H2,(H2,19,20,21,22). The SMILES string of the molecule is Brc1cccc(Nc2nccc(NCCCN3CCOCC3)n2)c1. The molecule has 1 fully saturated rings. The van der Waals surface area contributed by atoms with Crippen LogP contribution >= 0.6 is 15.9 Å². The van der Waals surface area contributed by atoms with Crippen molar-refractivity contribution in [2.45, 2.75) is 6.42 Å². The van der Waals surface area contributed by atoms with Crippen LogP contribution in [0.2, 0.25) is 0 Å². The molecular formula is C17H22BrN5O. The molecule has 3 rings (SSSR count). The van der Waals surface area contributed by atoms with Crippen molar-refractivity contribution in [3.05, 3.63) is 41.0 Å². The summed E-state index contributed by atoms with van der Waals surface area (Å²) >= 11 is 3.46. The van der Waals surface area contributed by atoms with Crippen LogP contribution in [0.1, 0.15) is 6.42 Å². The Morgan fingerprint density at radius 1 is 1.21 bits per heavy atom. The van der Waals surface area contributed by atoms with Crippen molar-refractivity contribution in [1.29, 1.82) is 0 Å². The van der Waals surface area contributed by atoms with Gasteiger partial charge in [0.25, 0.3) is 0 Å².